The number of hydrogen-bond donors (Lipinski definition) is 2. The van der Waals surface area contributed by atoms with E-state index in [1.165, 1.54) is 0 Å². The molecule has 4 nitrogen and oxygen atoms in total. The lowest BCUT2D eigenvalue weighted by atomic mass is 9.89. The Kier molecular flexibility index (Phi) is 7.69. The second kappa shape index (κ2) is 9.01. The number of amides is 1. The van der Waals surface area contributed by atoms with Crippen molar-refractivity contribution in [1.29, 1.82) is 0 Å². The third kappa shape index (κ3) is 4.89. The van der Waals surface area contributed by atoms with Crippen LogP contribution in [0.3, 0.4) is 0 Å². The van der Waals surface area contributed by atoms with Crippen LogP contribution in [0.15, 0.2) is 24.3 Å². The van der Waals surface area contributed by atoms with Gasteiger partial charge in [-0.2, -0.15) is 0 Å². The molecule has 3 unspecified atom stereocenters. The van der Waals surface area contributed by atoms with Crippen LogP contribution in [-0.2, 0) is 0 Å². The summed E-state index contributed by atoms with van der Waals surface area (Å²) in [7, 11) is 0. The Bertz CT molecular complexity index is 471. The molecular formula is C17H27ClN2O2. The number of carbonyl (C=O) groups excluding carboxylic acids is 1. The normalized spacial score (nSPS) is 24.2. The summed E-state index contributed by atoms with van der Waals surface area (Å²) in [6.07, 6.45) is 2.05. The maximum atomic E-state index is 12.4. The average Bonchev–Trinajstić information content (AvgIpc) is 2.49. The van der Waals surface area contributed by atoms with Gasteiger partial charge in [-0.1, -0.05) is 19.9 Å². The predicted molar refractivity (Wildman–Crippen MR) is 92.0 cm³/mol. The molecule has 124 valence electrons. The molecule has 5 heteroatoms. The maximum Gasteiger partial charge on any atom is 0.251 e. The minimum absolute atomic E-state index is 0. The molecule has 1 amide bonds. The van der Waals surface area contributed by atoms with E-state index >= 15 is 0 Å². The number of halogens is 1. The molecular weight excluding hydrogens is 300 g/mol. The number of rotatable bonds is 5. The summed E-state index contributed by atoms with van der Waals surface area (Å²) in [5.41, 5.74) is 0.661. The van der Waals surface area contributed by atoms with E-state index in [9.17, 15) is 4.79 Å². The molecule has 0 bridgehead atoms. The summed E-state index contributed by atoms with van der Waals surface area (Å²) >= 11 is 0. The molecule has 1 saturated heterocycles. The highest BCUT2D eigenvalue weighted by atomic mass is 35.5. The Morgan fingerprint density at radius 2 is 2.18 bits per heavy atom. The van der Waals surface area contributed by atoms with Gasteiger partial charge < -0.3 is 15.4 Å². The zero-order valence-electron chi connectivity index (χ0n) is 13.6. The molecule has 2 rings (SSSR count). The van der Waals surface area contributed by atoms with E-state index < -0.39 is 0 Å². The van der Waals surface area contributed by atoms with E-state index in [2.05, 4.69) is 31.4 Å². The van der Waals surface area contributed by atoms with Gasteiger partial charge in [0.25, 0.3) is 5.91 Å². The first-order valence-corrected chi connectivity index (χ1v) is 7.89. The zero-order chi connectivity index (χ0) is 15.2. The van der Waals surface area contributed by atoms with Crippen molar-refractivity contribution in [3.8, 4) is 5.75 Å². The lowest BCUT2D eigenvalue weighted by Crippen LogP contribution is -2.55. The molecule has 1 fully saturated rings. The van der Waals surface area contributed by atoms with Crippen molar-refractivity contribution < 1.29 is 9.53 Å². The topological polar surface area (TPSA) is 50.4 Å². The molecule has 1 aromatic carbocycles. The standard InChI is InChI=1S/C17H26N2O2.ClH/c1-4-10-21-15-7-5-6-14(11-15)17(20)19-16-12(2)8-9-18-13(16)3;/h5-7,11-13,16,18H,4,8-10H2,1-3H3,(H,19,20);1H. The molecule has 0 aliphatic carbocycles. The monoisotopic (exact) mass is 326 g/mol. The smallest absolute Gasteiger partial charge is 0.251 e. The summed E-state index contributed by atoms with van der Waals surface area (Å²) in [6.45, 7) is 8.08. The van der Waals surface area contributed by atoms with Gasteiger partial charge in [0.15, 0.2) is 0 Å². The molecule has 2 N–H and O–H groups in total. The fraction of sp³-hybridized carbons (Fsp3) is 0.588. The van der Waals surface area contributed by atoms with Gasteiger partial charge in [0, 0.05) is 17.6 Å². The molecule has 1 heterocycles. The van der Waals surface area contributed by atoms with Crippen molar-refractivity contribution in [2.45, 2.75) is 45.7 Å². The van der Waals surface area contributed by atoms with Gasteiger partial charge in [-0.05, 0) is 50.4 Å². The van der Waals surface area contributed by atoms with Gasteiger partial charge in [0.1, 0.15) is 5.75 Å². The Hall–Kier alpha value is -1.26. The summed E-state index contributed by atoms with van der Waals surface area (Å²) in [5, 5.41) is 6.58. The number of hydrogen-bond acceptors (Lipinski definition) is 3. The van der Waals surface area contributed by atoms with E-state index in [0.717, 1.165) is 25.1 Å². The second-order valence-electron chi connectivity index (χ2n) is 5.88. The van der Waals surface area contributed by atoms with Crippen molar-refractivity contribution in [2.24, 2.45) is 5.92 Å². The lowest BCUT2D eigenvalue weighted by molar-refractivity contribution is 0.0897. The Balaban J connectivity index is 0.00000242. The first-order chi connectivity index (χ1) is 10.1. The van der Waals surface area contributed by atoms with Crippen LogP contribution < -0.4 is 15.4 Å². The summed E-state index contributed by atoms with van der Waals surface area (Å²) in [4.78, 5) is 12.4. The van der Waals surface area contributed by atoms with Crippen molar-refractivity contribution >= 4 is 18.3 Å². The molecule has 0 spiro atoms. The summed E-state index contributed by atoms with van der Waals surface area (Å²) < 4.78 is 5.59. The number of carbonyl (C=O) groups is 1. The van der Waals surface area contributed by atoms with Crippen LogP contribution in [0.5, 0.6) is 5.75 Å². The van der Waals surface area contributed by atoms with Gasteiger partial charge in [0.05, 0.1) is 6.61 Å². The largest absolute Gasteiger partial charge is 0.494 e. The fourth-order valence-corrected chi connectivity index (χ4v) is 2.79. The van der Waals surface area contributed by atoms with Gasteiger partial charge in [-0.3, -0.25) is 4.79 Å². The minimum Gasteiger partial charge on any atom is -0.494 e. The third-order valence-electron chi connectivity index (χ3n) is 4.08. The molecule has 1 aromatic rings. The number of nitrogens with one attached hydrogen (secondary N) is 2. The fourth-order valence-electron chi connectivity index (χ4n) is 2.79. The van der Waals surface area contributed by atoms with E-state index in [1.807, 2.05) is 24.3 Å². The average molecular weight is 327 g/mol. The quantitative estimate of drug-likeness (QED) is 0.874. The Morgan fingerprint density at radius 3 is 2.86 bits per heavy atom. The first-order valence-electron chi connectivity index (χ1n) is 7.89. The van der Waals surface area contributed by atoms with Crippen molar-refractivity contribution in [1.82, 2.24) is 10.6 Å². The van der Waals surface area contributed by atoms with Gasteiger partial charge >= 0.3 is 0 Å². The van der Waals surface area contributed by atoms with Crippen LogP contribution in [0.1, 0.15) is 44.0 Å². The van der Waals surface area contributed by atoms with E-state index in [-0.39, 0.29) is 24.4 Å². The number of benzene rings is 1. The van der Waals surface area contributed by atoms with Crippen molar-refractivity contribution in [3.63, 3.8) is 0 Å². The number of piperidine rings is 1. The lowest BCUT2D eigenvalue weighted by Gasteiger charge is -2.36. The zero-order valence-corrected chi connectivity index (χ0v) is 14.4. The van der Waals surface area contributed by atoms with E-state index in [1.54, 1.807) is 0 Å². The van der Waals surface area contributed by atoms with Gasteiger partial charge in [-0.25, -0.2) is 0 Å². The van der Waals surface area contributed by atoms with Gasteiger partial charge in [-0.15, -0.1) is 12.4 Å². The molecule has 1 aliphatic heterocycles. The Labute approximate surface area is 139 Å². The first kappa shape index (κ1) is 18.8. The van der Waals surface area contributed by atoms with Crippen molar-refractivity contribution in [3.05, 3.63) is 29.8 Å². The molecule has 3 atom stereocenters. The molecule has 0 aromatic heterocycles. The second-order valence-corrected chi connectivity index (χ2v) is 5.88. The highest BCUT2D eigenvalue weighted by molar-refractivity contribution is 5.94. The van der Waals surface area contributed by atoms with Crippen LogP contribution in [-0.4, -0.2) is 31.1 Å². The molecule has 22 heavy (non-hydrogen) atoms. The Morgan fingerprint density at radius 1 is 1.41 bits per heavy atom. The van der Waals surface area contributed by atoms with Crippen LogP contribution in [0, 0.1) is 5.92 Å². The highest BCUT2D eigenvalue weighted by Gasteiger charge is 2.28. The SMILES string of the molecule is CCCOc1cccc(C(=O)NC2C(C)CCNC2C)c1.Cl. The van der Waals surface area contributed by atoms with Crippen LogP contribution in [0.25, 0.3) is 0 Å². The van der Waals surface area contributed by atoms with Gasteiger partial charge in [0.2, 0.25) is 0 Å². The maximum absolute atomic E-state index is 12.4. The van der Waals surface area contributed by atoms with Crippen LogP contribution >= 0.6 is 12.4 Å². The van der Waals surface area contributed by atoms with E-state index in [4.69, 9.17) is 4.74 Å². The minimum atomic E-state index is -0.0238. The molecule has 1 aliphatic rings. The summed E-state index contributed by atoms with van der Waals surface area (Å²) in [6, 6.07) is 7.88. The van der Waals surface area contributed by atoms with Crippen LogP contribution in [0.4, 0.5) is 0 Å². The third-order valence-corrected chi connectivity index (χ3v) is 4.08. The molecule has 0 radical (unpaired) electrons. The van der Waals surface area contributed by atoms with Crippen LogP contribution in [0.2, 0.25) is 0 Å². The molecule has 0 saturated carbocycles. The summed E-state index contributed by atoms with van der Waals surface area (Å²) in [5.74, 6) is 1.22. The van der Waals surface area contributed by atoms with Crippen molar-refractivity contribution in [2.75, 3.05) is 13.2 Å². The van der Waals surface area contributed by atoms with E-state index in [0.29, 0.717) is 24.1 Å². The highest BCUT2D eigenvalue weighted by Crippen LogP contribution is 2.18. The number of ether oxygens (including phenoxy) is 1. The predicted octanol–water partition coefficient (Wildman–Crippen LogP) is 3.01.